The fourth-order valence-corrected chi connectivity index (χ4v) is 6.77. The Balaban J connectivity index is 0.00000210. The fraction of sp³-hybridized carbons (Fsp3) is 0.520. The standard InChI is InChI=1S/C25H29F3N4O4S.2H2/c1-23(2)15-32-19(21(33)25(26,27)28)9-10-20(32)24(30-23)11-13-31(14-12-24)22(34)16-3-7-18(8-4-16)37(35,36)29-17-5-6-17;;/h3-4,7-10,17,29-30H,5-6,11-15H2,1-2H3;2*1H. The van der Waals surface area contributed by atoms with E-state index in [1.807, 2.05) is 13.8 Å². The molecule has 3 heterocycles. The zero-order valence-electron chi connectivity index (χ0n) is 20.6. The van der Waals surface area contributed by atoms with Crippen molar-refractivity contribution in [1.82, 2.24) is 19.5 Å². The molecular weight excluding hydrogens is 509 g/mol. The molecule has 2 N–H and O–H groups in total. The number of likely N-dealkylation sites (tertiary alicyclic amines) is 1. The van der Waals surface area contributed by atoms with E-state index in [0.717, 1.165) is 12.8 Å². The zero-order valence-corrected chi connectivity index (χ0v) is 21.4. The Morgan fingerprint density at radius 2 is 1.68 bits per heavy atom. The number of nitrogens with one attached hydrogen (secondary N) is 2. The average Bonchev–Trinajstić information content (AvgIpc) is 3.52. The number of piperidine rings is 1. The van der Waals surface area contributed by atoms with E-state index in [1.54, 1.807) is 11.0 Å². The monoisotopic (exact) mass is 542 g/mol. The Labute approximate surface area is 216 Å². The van der Waals surface area contributed by atoms with Crippen LogP contribution in [0.25, 0.3) is 0 Å². The average molecular weight is 543 g/mol. The second-order valence-corrected chi connectivity index (χ2v) is 12.5. The smallest absolute Gasteiger partial charge is 0.338 e. The lowest BCUT2D eigenvalue weighted by Crippen LogP contribution is -2.63. The van der Waals surface area contributed by atoms with Gasteiger partial charge in [-0.05, 0) is 75.9 Å². The lowest BCUT2D eigenvalue weighted by Gasteiger charge is -2.51. The van der Waals surface area contributed by atoms with Crippen molar-refractivity contribution in [2.45, 2.75) is 74.3 Å². The number of alkyl halides is 3. The molecule has 37 heavy (non-hydrogen) atoms. The molecule has 1 spiro atoms. The molecule has 204 valence electrons. The van der Waals surface area contributed by atoms with Crippen LogP contribution in [-0.2, 0) is 22.1 Å². The number of Topliss-reactive ketones (excluding diaryl/α,β-unsaturated/α-hetero) is 1. The number of hydrogen-bond donors (Lipinski definition) is 2. The van der Waals surface area contributed by atoms with Crippen LogP contribution in [0.15, 0.2) is 41.3 Å². The van der Waals surface area contributed by atoms with Crippen molar-refractivity contribution in [2.24, 2.45) is 0 Å². The molecule has 2 aromatic rings. The number of nitrogens with zero attached hydrogens (tertiary/aromatic N) is 2. The highest BCUT2D eigenvalue weighted by atomic mass is 32.2. The van der Waals surface area contributed by atoms with Crippen LogP contribution in [0, 0.1) is 0 Å². The van der Waals surface area contributed by atoms with Crippen molar-refractivity contribution >= 4 is 21.7 Å². The van der Waals surface area contributed by atoms with Crippen molar-refractivity contribution in [1.29, 1.82) is 0 Å². The molecule has 0 radical (unpaired) electrons. The zero-order chi connectivity index (χ0) is 26.8. The Kier molecular flexibility index (Phi) is 6.08. The third-order valence-electron chi connectivity index (χ3n) is 7.31. The minimum atomic E-state index is -4.96. The first-order chi connectivity index (χ1) is 17.2. The van der Waals surface area contributed by atoms with Crippen LogP contribution in [0.1, 0.15) is 68.9 Å². The van der Waals surface area contributed by atoms with Crippen LogP contribution in [0.5, 0.6) is 0 Å². The number of carbonyl (C=O) groups is 2. The molecule has 1 aliphatic carbocycles. The number of hydrogen-bond acceptors (Lipinski definition) is 5. The largest absolute Gasteiger partial charge is 0.456 e. The minimum Gasteiger partial charge on any atom is -0.338 e. The summed E-state index contributed by atoms with van der Waals surface area (Å²) < 4.78 is 68.5. The van der Waals surface area contributed by atoms with Crippen molar-refractivity contribution in [3.63, 3.8) is 0 Å². The highest BCUT2D eigenvalue weighted by Crippen LogP contribution is 2.41. The van der Waals surface area contributed by atoms with E-state index in [0.29, 0.717) is 37.2 Å². The van der Waals surface area contributed by atoms with Gasteiger partial charge < -0.3 is 9.47 Å². The lowest BCUT2D eigenvalue weighted by atomic mass is 9.79. The summed E-state index contributed by atoms with van der Waals surface area (Å²) in [6.07, 6.45) is -2.42. The molecule has 0 unspecified atom stereocenters. The van der Waals surface area contributed by atoms with Crippen molar-refractivity contribution < 1.29 is 34.0 Å². The van der Waals surface area contributed by atoms with E-state index in [-0.39, 0.29) is 31.9 Å². The summed E-state index contributed by atoms with van der Waals surface area (Å²) in [4.78, 5) is 27.0. The number of aromatic nitrogens is 1. The van der Waals surface area contributed by atoms with Crippen LogP contribution in [0.3, 0.4) is 0 Å². The predicted octanol–water partition coefficient (Wildman–Crippen LogP) is 3.68. The van der Waals surface area contributed by atoms with Crippen LogP contribution in [0.4, 0.5) is 13.2 Å². The maximum absolute atomic E-state index is 13.2. The summed E-state index contributed by atoms with van der Waals surface area (Å²) in [7, 11) is -3.62. The summed E-state index contributed by atoms with van der Waals surface area (Å²) in [5.41, 5.74) is -0.658. The van der Waals surface area contributed by atoms with Gasteiger partial charge >= 0.3 is 6.18 Å². The quantitative estimate of drug-likeness (QED) is 0.562. The molecular formula is C25H33F3N4O4S. The van der Waals surface area contributed by atoms with E-state index >= 15 is 0 Å². The van der Waals surface area contributed by atoms with Crippen LogP contribution < -0.4 is 10.0 Å². The molecule has 5 rings (SSSR count). The van der Waals surface area contributed by atoms with Gasteiger partial charge in [0.25, 0.3) is 11.7 Å². The fourth-order valence-electron chi connectivity index (χ4n) is 5.47. The molecule has 1 amide bonds. The molecule has 0 bridgehead atoms. The molecule has 8 nitrogen and oxygen atoms in total. The van der Waals surface area contributed by atoms with Crippen molar-refractivity contribution in [3.8, 4) is 0 Å². The number of fused-ring (bicyclic) bond motifs is 2. The third-order valence-corrected chi connectivity index (χ3v) is 8.84. The van der Waals surface area contributed by atoms with Gasteiger partial charge in [0, 0.05) is 45.3 Å². The molecule has 2 aliphatic heterocycles. The Morgan fingerprint density at radius 1 is 1.05 bits per heavy atom. The first-order valence-corrected chi connectivity index (χ1v) is 13.7. The molecule has 1 aromatic carbocycles. The van der Waals surface area contributed by atoms with Gasteiger partial charge in [-0.15, -0.1) is 0 Å². The molecule has 1 saturated heterocycles. The Morgan fingerprint density at radius 3 is 2.24 bits per heavy atom. The number of sulfonamides is 1. The highest BCUT2D eigenvalue weighted by Gasteiger charge is 2.49. The Hall–Kier alpha value is -2.70. The summed E-state index contributed by atoms with van der Waals surface area (Å²) >= 11 is 0. The highest BCUT2D eigenvalue weighted by molar-refractivity contribution is 7.89. The Bertz CT molecular complexity index is 1350. The summed E-state index contributed by atoms with van der Waals surface area (Å²) in [6, 6.07) is 8.62. The maximum Gasteiger partial charge on any atom is 0.456 e. The van der Waals surface area contributed by atoms with E-state index in [9.17, 15) is 31.2 Å². The topological polar surface area (TPSA) is 101 Å². The number of rotatable bonds is 5. The van der Waals surface area contributed by atoms with E-state index < -0.39 is 33.1 Å². The molecule has 1 saturated carbocycles. The summed E-state index contributed by atoms with van der Waals surface area (Å²) in [5.74, 6) is -2.11. The number of amides is 1. The van der Waals surface area contributed by atoms with Gasteiger partial charge in [-0.3, -0.25) is 14.9 Å². The molecule has 3 aliphatic rings. The molecule has 0 atom stereocenters. The van der Waals surface area contributed by atoms with Gasteiger partial charge in [-0.25, -0.2) is 13.1 Å². The van der Waals surface area contributed by atoms with E-state index in [4.69, 9.17) is 0 Å². The second-order valence-electron chi connectivity index (χ2n) is 10.8. The van der Waals surface area contributed by atoms with Crippen molar-refractivity contribution in [2.75, 3.05) is 13.1 Å². The van der Waals surface area contributed by atoms with Gasteiger partial charge in [0.2, 0.25) is 10.0 Å². The third kappa shape index (κ3) is 4.94. The van der Waals surface area contributed by atoms with Gasteiger partial charge in [0.05, 0.1) is 16.1 Å². The predicted molar refractivity (Wildman–Crippen MR) is 133 cm³/mol. The number of carbonyl (C=O) groups excluding carboxylic acids is 2. The molecule has 2 fully saturated rings. The SMILES string of the molecule is CC1(C)Cn2c(C(=O)C(F)(F)F)ccc2C2(CCN(C(=O)c3ccc(S(=O)(=O)NC4CC4)cc3)CC2)N1.[HH].[HH]. The second kappa shape index (κ2) is 8.67. The summed E-state index contributed by atoms with van der Waals surface area (Å²) in [6.45, 7) is 4.66. The van der Waals surface area contributed by atoms with Gasteiger partial charge in [-0.1, -0.05) is 0 Å². The minimum absolute atomic E-state index is 0. The first-order valence-electron chi connectivity index (χ1n) is 12.2. The van der Waals surface area contributed by atoms with Gasteiger partial charge in [-0.2, -0.15) is 13.2 Å². The normalized spacial score (nSPS) is 21.1. The van der Waals surface area contributed by atoms with Crippen molar-refractivity contribution in [3.05, 3.63) is 53.3 Å². The van der Waals surface area contributed by atoms with Crippen LogP contribution in [-0.4, -0.2) is 60.4 Å². The summed E-state index contributed by atoms with van der Waals surface area (Å²) in [5, 5.41) is 3.57. The molecule has 1 aromatic heterocycles. The number of benzene rings is 1. The molecule has 12 heteroatoms. The first kappa shape index (κ1) is 25.9. The van der Waals surface area contributed by atoms with Gasteiger partial charge in [0.1, 0.15) is 0 Å². The van der Waals surface area contributed by atoms with E-state index in [1.165, 1.54) is 34.9 Å². The van der Waals surface area contributed by atoms with Crippen LogP contribution in [0.2, 0.25) is 0 Å². The number of ketones is 1. The number of halogens is 3. The van der Waals surface area contributed by atoms with Gasteiger partial charge in [0.15, 0.2) is 0 Å². The van der Waals surface area contributed by atoms with E-state index in [2.05, 4.69) is 10.0 Å². The van der Waals surface area contributed by atoms with Crippen LogP contribution >= 0.6 is 0 Å². The maximum atomic E-state index is 13.2. The lowest BCUT2D eigenvalue weighted by molar-refractivity contribution is -0.0892.